The summed E-state index contributed by atoms with van der Waals surface area (Å²) in [5.41, 5.74) is 1.20. The second-order valence-electron chi connectivity index (χ2n) is 6.50. The highest BCUT2D eigenvalue weighted by atomic mass is 32.1. The quantitative estimate of drug-likeness (QED) is 0.904. The van der Waals surface area contributed by atoms with Crippen molar-refractivity contribution in [2.45, 2.75) is 50.6 Å². The number of hydrogen-bond donors (Lipinski definition) is 1. The van der Waals surface area contributed by atoms with Crippen LogP contribution in [0.4, 0.5) is 0 Å². The van der Waals surface area contributed by atoms with Crippen molar-refractivity contribution in [1.29, 1.82) is 0 Å². The molecule has 0 radical (unpaired) electrons. The molecular formula is C18H22N2O3S. The Balaban J connectivity index is 1.29. The van der Waals surface area contributed by atoms with Crippen LogP contribution < -0.4 is 5.32 Å². The van der Waals surface area contributed by atoms with Crippen molar-refractivity contribution >= 4 is 17.2 Å². The highest BCUT2D eigenvalue weighted by Crippen LogP contribution is 2.32. The van der Waals surface area contributed by atoms with Gasteiger partial charge in [0.15, 0.2) is 0 Å². The third kappa shape index (κ3) is 3.41. The molecule has 2 aliphatic rings. The molecule has 0 bridgehead atoms. The largest absolute Gasteiger partial charge is 0.472 e. The van der Waals surface area contributed by atoms with Gasteiger partial charge in [0.1, 0.15) is 6.10 Å². The van der Waals surface area contributed by atoms with E-state index in [1.165, 1.54) is 10.4 Å². The molecule has 0 aliphatic carbocycles. The standard InChI is InChI=1S/C18H22N2O3S/c21-18(19-10-14-2-1-9-24-14)17-4-3-15-16(23-17)5-7-20(15)11-13-6-8-22-12-13/h1-2,6,8-9,12,15-17H,3-5,7,10-11H2,(H,19,21)/t15-,16-,17-/m0/s1. The van der Waals surface area contributed by atoms with E-state index in [2.05, 4.69) is 10.2 Å². The number of amides is 1. The molecular weight excluding hydrogens is 324 g/mol. The van der Waals surface area contributed by atoms with Crippen LogP contribution in [0.2, 0.25) is 0 Å². The van der Waals surface area contributed by atoms with Gasteiger partial charge in [-0.25, -0.2) is 0 Å². The normalized spacial score (nSPS) is 27.1. The Morgan fingerprint density at radius 1 is 1.33 bits per heavy atom. The molecule has 0 unspecified atom stereocenters. The van der Waals surface area contributed by atoms with Crippen molar-refractivity contribution in [1.82, 2.24) is 10.2 Å². The molecule has 2 aliphatic heterocycles. The number of likely N-dealkylation sites (tertiary alicyclic amines) is 1. The number of nitrogens with one attached hydrogen (secondary N) is 1. The summed E-state index contributed by atoms with van der Waals surface area (Å²) >= 11 is 1.66. The van der Waals surface area contributed by atoms with Gasteiger partial charge >= 0.3 is 0 Å². The number of carbonyl (C=O) groups is 1. The minimum atomic E-state index is -0.305. The molecule has 128 valence electrons. The molecule has 2 aromatic rings. The molecule has 2 aromatic heterocycles. The maximum Gasteiger partial charge on any atom is 0.249 e. The van der Waals surface area contributed by atoms with E-state index in [1.54, 1.807) is 23.9 Å². The number of nitrogens with zero attached hydrogens (tertiary/aromatic N) is 1. The molecule has 1 amide bonds. The van der Waals surface area contributed by atoms with Crippen molar-refractivity contribution in [3.63, 3.8) is 0 Å². The van der Waals surface area contributed by atoms with Gasteiger partial charge in [0, 0.05) is 29.6 Å². The Bertz CT molecular complexity index is 656. The lowest BCUT2D eigenvalue weighted by molar-refractivity contribution is -0.144. The van der Waals surface area contributed by atoms with E-state index in [4.69, 9.17) is 9.15 Å². The minimum Gasteiger partial charge on any atom is -0.472 e. The molecule has 24 heavy (non-hydrogen) atoms. The summed E-state index contributed by atoms with van der Waals surface area (Å²) in [5, 5.41) is 5.03. The van der Waals surface area contributed by atoms with E-state index in [-0.39, 0.29) is 18.1 Å². The average molecular weight is 346 g/mol. The first-order valence-electron chi connectivity index (χ1n) is 8.50. The van der Waals surface area contributed by atoms with Gasteiger partial charge in [0.05, 0.1) is 25.2 Å². The number of carbonyl (C=O) groups excluding carboxylic acids is 1. The molecule has 0 aromatic carbocycles. The van der Waals surface area contributed by atoms with Crippen LogP contribution in [0, 0.1) is 0 Å². The topological polar surface area (TPSA) is 54.7 Å². The van der Waals surface area contributed by atoms with Gasteiger partial charge < -0.3 is 14.5 Å². The summed E-state index contributed by atoms with van der Waals surface area (Å²) < 4.78 is 11.3. The highest BCUT2D eigenvalue weighted by molar-refractivity contribution is 7.09. The van der Waals surface area contributed by atoms with Crippen LogP contribution in [-0.2, 0) is 22.6 Å². The summed E-state index contributed by atoms with van der Waals surface area (Å²) in [4.78, 5) is 16.0. The zero-order valence-electron chi connectivity index (χ0n) is 13.5. The van der Waals surface area contributed by atoms with Gasteiger partial charge in [-0.3, -0.25) is 9.69 Å². The van der Waals surface area contributed by atoms with Crippen LogP contribution in [0.25, 0.3) is 0 Å². The first-order chi connectivity index (χ1) is 11.8. The fourth-order valence-corrected chi connectivity index (χ4v) is 4.37. The monoisotopic (exact) mass is 346 g/mol. The van der Waals surface area contributed by atoms with E-state index in [9.17, 15) is 4.79 Å². The van der Waals surface area contributed by atoms with Gasteiger partial charge in [-0.2, -0.15) is 0 Å². The number of hydrogen-bond acceptors (Lipinski definition) is 5. The van der Waals surface area contributed by atoms with Crippen molar-refractivity contribution in [2.75, 3.05) is 6.54 Å². The van der Waals surface area contributed by atoms with Crippen LogP contribution >= 0.6 is 11.3 Å². The van der Waals surface area contributed by atoms with E-state index < -0.39 is 0 Å². The van der Waals surface area contributed by atoms with Gasteiger partial charge in [-0.1, -0.05) is 6.07 Å². The predicted molar refractivity (Wildman–Crippen MR) is 91.6 cm³/mol. The van der Waals surface area contributed by atoms with Crippen molar-refractivity contribution in [3.05, 3.63) is 46.5 Å². The third-order valence-electron chi connectivity index (χ3n) is 4.94. The Labute approximate surface area is 145 Å². The van der Waals surface area contributed by atoms with Crippen molar-refractivity contribution in [2.24, 2.45) is 0 Å². The Morgan fingerprint density at radius 2 is 2.29 bits per heavy atom. The molecule has 2 fully saturated rings. The van der Waals surface area contributed by atoms with E-state index in [0.29, 0.717) is 12.6 Å². The molecule has 4 rings (SSSR count). The van der Waals surface area contributed by atoms with Crippen molar-refractivity contribution < 1.29 is 13.9 Å². The molecule has 3 atom stereocenters. The zero-order chi connectivity index (χ0) is 16.4. The maximum absolute atomic E-state index is 12.4. The lowest BCUT2D eigenvalue weighted by Gasteiger charge is -2.35. The van der Waals surface area contributed by atoms with Crippen LogP contribution in [0.1, 0.15) is 29.7 Å². The van der Waals surface area contributed by atoms with Gasteiger partial charge in [0.25, 0.3) is 0 Å². The van der Waals surface area contributed by atoms with Crippen LogP contribution in [0.15, 0.2) is 40.5 Å². The summed E-state index contributed by atoms with van der Waals surface area (Å²) in [7, 11) is 0. The fourth-order valence-electron chi connectivity index (χ4n) is 3.72. The second-order valence-corrected chi connectivity index (χ2v) is 7.53. The number of rotatable bonds is 5. The molecule has 2 saturated heterocycles. The van der Waals surface area contributed by atoms with Crippen molar-refractivity contribution in [3.8, 4) is 0 Å². The SMILES string of the molecule is O=C(NCc1cccs1)[C@@H]1CC[C@H]2[C@H](CCN2Cc2ccoc2)O1. The first-order valence-corrected chi connectivity index (χ1v) is 9.38. The molecule has 0 saturated carbocycles. The molecule has 4 heterocycles. The van der Waals surface area contributed by atoms with E-state index in [0.717, 1.165) is 32.4 Å². The predicted octanol–water partition coefficient (Wildman–Crippen LogP) is 2.78. The summed E-state index contributed by atoms with van der Waals surface area (Å²) in [5.74, 6) is 0.0233. The smallest absolute Gasteiger partial charge is 0.249 e. The van der Waals surface area contributed by atoms with Gasteiger partial charge in [-0.15, -0.1) is 11.3 Å². The Kier molecular flexibility index (Phi) is 4.69. The van der Waals surface area contributed by atoms with E-state index >= 15 is 0 Å². The lowest BCUT2D eigenvalue weighted by Crippen LogP contribution is -2.47. The molecule has 1 N–H and O–H groups in total. The number of thiophene rings is 1. The summed E-state index contributed by atoms with van der Waals surface area (Å²) in [6.07, 6.45) is 6.19. The summed E-state index contributed by atoms with van der Waals surface area (Å²) in [6.45, 7) is 2.51. The zero-order valence-corrected chi connectivity index (χ0v) is 14.3. The number of fused-ring (bicyclic) bond motifs is 1. The molecule has 6 heteroatoms. The molecule has 0 spiro atoms. The van der Waals surface area contributed by atoms with Gasteiger partial charge in [-0.05, 0) is 36.8 Å². The lowest BCUT2D eigenvalue weighted by atomic mass is 9.98. The average Bonchev–Trinajstić information content (AvgIpc) is 3.35. The maximum atomic E-state index is 12.4. The third-order valence-corrected chi connectivity index (χ3v) is 5.81. The van der Waals surface area contributed by atoms with E-state index in [1.807, 2.05) is 23.6 Å². The van der Waals surface area contributed by atoms with Gasteiger partial charge in [0.2, 0.25) is 5.91 Å². The number of ether oxygens (including phenoxy) is 1. The highest BCUT2D eigenvalue weighted by Gasteiger charge is 2.41. The van der Waals surface area contributed by atoms with Crippen LogP contribution in [0.5, 0.6) is 0 Å². The first kappa shape index (κ1) is 15.9. The fraction of sp³-hybridized carbons (Fsp3) is 0.500. The second kappa shape index (κ2) is 7.09. The number of furan rings is 1. The van der Waals surface area contributed by atoms with Crippen LogP contribution in [0.3, 0.4) is 0 Å². The molecule has 5 nitrogen and oxygen atoms in total. The summed E-state index contributed by atoms with van der Waals surface area (Å²) in [6, 6.07) is 6.47. The Hall–Kier alpha value is -1.63. The van der Waals surface area contributed by atoms with Crippen LogP contribution in [-0.4, -0.2) is 35.6 Å². The Morgan fingerprint density at radius 3 is 3.08 bits per heavy atom. The minimum absolute atomic E-state index is 0.0233.